The summed E-state index contributed by atoms with van der Waals surface area (Å²) in [5, 5.41) is 3.51. The summed E-state index contributed by atoms with van der Waals surface area (Å²) in [5.74, 6) is 0.925. The van der Waals surface area contributed by atoms with E-state index in [-0.39, 0.29) is 0 Å². The monoisotopic (exact) mass is 217 g/mol. The van der Waals surface area contributed by atoms with Gasteiger partial charge in [-0.05, 0) is 44.2 Å². The largest absolute Gasteiger partial charge is 0.317 e. The fraction of sp³-hybridized carbons (Fsp3) is 0.600. The molecule has 1 aliphatic rings. The predicted molar refractivity (Wildman–Crippen MR) is 69.6 cm³/mol. The molecule has 1 unspecified atom stereocenters. The van der Waals surface area contributed by atoms with Crippen LogP contribution in [0.15, 0.2) is 30.3 Å². The van der Waals surface area contributed by atoms with E-state index in [0.717, 1.165) is 12.0 Å². The molecule has 16 heavy (non-hydrogen) atoms. The topological polar surface area (TPSA) is 12.0 Å². The van der Waals surface area contributed by atoms with Crippen molar-refractivity contribution < 1.29 is 0 Å². The molecular weight excluding hydrogens is 194 g/mol. The van der Waals surface area contributed by atoms with Gasteiger partial charge in [0.1, 0.15) is 0 Å². The molecule has 1 aliphatic carbocycles. The van der Waals surface area contributed by atoms with E-state index in [2.05, 4.69) is 42.7 Å². The first-order valence-electron chi connectivity index (χ1n) is 6.61. The zero-order valence-corrected chi connectivity index (χ0v) is 10.3. The lowest BCUT2D eigenvalue weighted by molar-refractivity contribution is 0.360. The van der Waals surface area contributed by atoms with Gasteiger partial charge in [-0.1, -0.05) is 43.2 Å². The molecule has 1 saturated carbocycles. The van der Waals surface area contributed by atoms with Crippen molar-refractivity contribution in [2.75, 3.05) is 7.05 Å². The van der Waals surface area contributed by atoms with Gasteiger partial charge in [0, 0.05) is 6.04 Å². The predicted octanol–water partition coefficient (Wildman–Crippen LogP) is 3.40. The Morgan fingerprint density at radius 1 is 1.19 bits per heavy atom. The third-order valence-corrected chi connectivity index (χ3v) is 3.93. The van der Waals surface area contributed by atoms with Crippen molar-refractivity contribution in [2.45, 2.75) is 44.6 Å². The fourth-order valence-electron chi connectivity index (χ4n) is 2.94. The summed E-state index contributed by atoms with van der Waals surface area (Å²) in [6.45, 7) is 0. The lowest BCUT2D eigenvalue weighted by Crippen LogP contribution is -2.32. The molecule has 1 heteroatoms. The third kappa shape index (κ3) is 3.08. The van der Waals surface area contributed by atoms with E-state index in [4.69, 9.17) is 0 Å². The molecule has 1 atom stereocenters. The molecule has 0 spiro atoms. The Balaban J connectivity index is 1.83. The van der Waals surface area contributed by atoms with E-state index < -0.39 is 0 Å². The molecule has 0 radical (unpaired) electrons. The maximum atomic E-state index is 3.51. The van der Waals surface area contributed by atoms with Gasteiger partial charge in [-0.2, -0.15) is 0 Å². The minimum Gasteiger partial charge on any atom is -0.317 e. The summed E-state index contributed by atoms with van der Waals surface area (Å²) in [6.07, 6.45) is 8.23. The van der Waals surface area contributed by atoms with Crippen molar-refractivity contribution >= 4 is 0 Å². The summed E-state index contributed by atoms with van der Waals surface area (Å²) in [6, 6.07) is 11.6. The highest BCUT2D eigenvalue weighted by molar-refractivity contribution is 5.14. The van der Waals surface area contributed by atoms with Gasteiger partial charge >= 0.3 is 0 Å². The van der Waals surface area contributed by atoms with Gasteiger partial charge in [0.05, 0.1) is 0 Å². The Bertz CT molecular complexity index is 288. The minimum atomic E-state index is 0.725. The first-order valence-corrected chi connectivity index (χ1v) is 6.61. The van der Waals surface area contributed by atoms with Crippen molar-refractivity contribution in [1.29, 1.82) is 0 Å². The number of rotatable bonds is 5. The Kier molecular flexibility index (Phi) is 4.41. The highest BCUT2D eigenvalue weighted by Gasteiger charge is 2.23. The second-order valence-electron chi connectivity index (χ2n) is 4.96. The van der Waals surface area contributed by atoms with E-state index in [0.29, 0.717) is 0 Å². The van der Waals surface area contributed by atoms with Crippen LogP contribution in [0.2, 0.25) is 0 Å². The number of aryl methyl sites for hydroxylation is 1. The maximum absolute atomic E-state index is 3.51. The SMILES string of the molecule is CNC(CCc1ccccc1)C1CCCC1. The van der Waals surface area contributed by atoms with Crippen molar-refractivity contribution in [1.82, 2.24) is 5.32 Å². The highest BCUT2D eigenvalue weighted by atomic mass is 14.9. The van der Waals surface area contributed by atoms with Crippen LogP contribution in [0.5, 0.6) is 0 Å². The van der Waals surface area contributed by atoms with Crippen LogP contribution in [-0.2, 0) is 6.42 Å². The molecule has 0 aromatic heterocycles. The Labute approximate surface area is 99.3 Å². The van der Waals surface area contributed by atoms with Crippen molar-refractivity contribution in [3.63, 3.8) is 0 Å². The van der Waals surface area contributed by atoms with Crippen LogP contribution < -0.4 is 5.32 Å². The van der Waals surface area contributed by atoms with Crippen LogP contribution >= 0.6 is 0 Å². The van der Waals surface area contributed by atoms with Gasteiger partial charge in [-0.3, -0.25) is 0 Å². The summed E-state index contributed by atoms with van der Waals surface area (Å²) in [4.78, 5) is 0. The zero-order chi connectivity index (χ0) is 11.2. The Morgan fingerprint density at radius 3 is 2.50 bits per heavy atom. The molecule has 1 aromatic carbocycles. The molecule has 1 N–H and O–H groups in total. The van der Waals surface area contributed by atoms with E-state index in [9.17, 15) is 0 Å². The Morgan fingerprint density at radius 2 is 1.88 bits per heavy atom. The molecule has 0 bridgehead atoms. The minimum absolute atomic E-state index is 0.725. The van der Waals surface area contributed by atoms with Crippen molar-refractivity contribution in [3.8, 4) is 0 Å². The summed E-state index contributed by atoms with van der Waals surface area (Å²) in [7, 11) is 2.12. The molecule has 1 fully saturated rings. The van der Waals surface area contributed by atoms with Crippen LogP contribution in [0.1, 0.15) is 37.7 Å². The van der Waals surface area contributed by atoms with Gasteiger partial charge in [-0.15, -0.1) is 0 Å². The number of hydrogen-bond donors (Lipinski definition) is 1. The number of hydrogen-bond acceptors (Lipinski definition) is 1. The quantitative estimate of drug-likeness (QED) is 0.797. The van der Waals surface area contributed by atoms with Crippen LogP contribution in [0.4, 0.5) is 0 Å². The van der Waals surface area contributed by atoms with Gasteiger partial charge in [0.15, 0.2) is 0 Å². The molecule has 0 aliphatic heterocycles. The van der Waals surface area contributed by atoms with Crippen molar-refractivity contribution in [3.05, 3.63) is 35.9 Å². The highest BCUT2D eigenvalue weighted by Crippen LogP contribution is 2.29. The van der Waals surface area contributed by atoms with Gasteiger partial charge in [-0.25, -0.2) is 0 Å². The lowest BCUT2D eigenvalue weighted by atomic mass is 9.93. The zero-order valence-electron chi connectivity index (χ0n) is 10.3. The lowest BCUT2D eigenvalue weighted by Gasteiger charge is -2.22. The fourth-order valence-corrected chi connectivity index (χ4v) is 2.94. The molecule has 0 amide bonds. The molecular formula is C15H23N. The van der Waals surface area contributed by atoms with Crippen LogP contribution in [0.3, 0.4) is 0 Å². The second-order valence-corrected chi connectivity index (χ2v) is 4.96. The molecule has 0 heterocycles. The maximum Gasteiger partial charge on any atom is 0.00954 e. The smallest absolute Gasteiger partial charge is 0.00954 e. The van der Waals surface area contributed by atoms with Crippen LogP contribution in [-0.4, -0.2) is 13.1 Å². The van der Waals surface area contributed by atoms with Gasteiger partial charge < -0.3 is 5.32 Å². The molecule has 2 rings (SSSR count). The van der Waals surface area contributed by atoms with E-state index in [1.165, 1.54) is 44.1 Å². The molecule has 1 aromatic rings. The van der Waals surface area contributed by atoms with E-state index in [1.54, 1.807) is 0 Å². The second kappa shape index (κ2) is 6.05. The first-order chi connectivity index (χ1) is 7.90. The third-order valence-electron chi connectivity index (χ3n) is 3.93. The average molecular weight is 217 g/mol. The van der Waals surface area contributed by atoms with Gasteiger partial charge in [0.2, 0.25) is 0 Å². The normalized spacial score (nSPS) is 18.8. The summed E-state index contributed by atoms with van der Waals surface area (Å²) >= 11 is 0. The van der Waals surface area contributed by atoms with Crippen molar-refractivity contribution in [2.24, 2.45) is 5.92 Å². The van der Waals surface area contributed by atoms with Crippen LogP contribution in [0, 0.1) is 5.92 Å². The molecule has 1 nitrogen and oxygen atoms in total. The first kappa shape index (κ1) is 11.7. The number of nitrogens with one attached hydrogen (secondary N) is 1. The molecule has 0 saturated heterocycles. The average Bonchev–Trinajstić information content (AvgIpc) is 2.85. The van der Waals surface area contributed by atoms with Crippen LogP contribution in [0.25, 0.3) is 0 Å². The Hall–Kier alpha value is -0.820. The van der Waals surface area contributed by atoms with E-state index >= 15 is 0 Å². The molecule has 88 valence electrons. The van der Waals surface area contributed by atoms with Gasteiger partial charge in [0.25, 0.3) is 0 Å². The standard InChI is InChI=1S/C15H23N/c1-16-15(14-9-5-6-10-14)12-11-13-7-3-2-4-8-13/h2-4,7-8,14-16H,5-6,9-12H2,1H3. The van der Waals surface area contributed by atoms with E-state index in [1.807, 2.05) is 0 Å². The summed E-state index contributed by atoms with van der Waals surface area (Å²) in [5.41, 5.74) is 1.47. The summed E-state index contributed by atoms with van der Waals surface area (Å²) < 4.78 is 0. The number of benzene rings is 1.